The fourth-order valence-corrected chi connectivity index (χ4v) is 6.42. The number of hydrogen-bond donors (Lipinski definition) is 2. The van der Waals surface area contributed by atoms with E-state index in [0.717, 1.165) is 23.4 Å². The Hall–Kier alpha value is -1.80. The third-order valence-corrected chi connectivity index (χ3v) is 8.73. The van der Waals surface area contributed by atoms with Gasteiger partial charge in [0, 0.05) is 24.7 Å². The predicted octanol–water partition coefficient (Wildman–Crippen LogP) is 5.85. The molecule has 3 unspecified atom stereocenters. The molecule has 1 aliphatic heterocycles. The zero-order chi connectivity index (χ0) is 22.9. The Balaban J connectivity index is 1.28. The number of hydrogen-bond acceptors (Lipinski definition) is 6. The number of aromatic nitrogens is 4. The molecule has 1 saturated heterocycles. The monoisotopic (exact) mass is 506 g/mol. The zero-order valence-corrected chi connectivity index (χ0v) is 20.5. The Kier molecular flexibility index (Phi) is 5.18. The Morgan fingerprint density at radius 2 is 1.94 bits per heavy atom. The second-order valence-corrected chi connectivity index (χ2v) is 11.0. The second kappa shape index (κ2) is 7.87. The minimum atomic E-state index is -0.658. The lowest BCUT2D eigenvalue weighted by atomic mass is 9.56. The van der Waals surface area contributed by atoms with E-state index in [0.29, 0.717) is 70.2 Å². The highest BCUT2D eigenvalue weighted by molar-refractivity contribution is 6.42. The van der Waals surface area contributed by atoms with Gasteiger partial charge < -0.3 is 15.3 Å². The van der Waals surface area contributed by atoms with E-state index < -0.39 is 5.60 Å². The highest BCUT2D eigenvalue weighted by atomic mass is 35.5. The van der Waals surface area contributed by atoms with Gasteiger partial charge in [-0.2, -0.15) is 5.10 Å². The molecule has 0 radical (unpaired) electrons. The van der Waals surface area contributed by atoms with Gasteiger partial charge in [0.15, 0.2) is 5.15 Å². The molecule has 33 heavy (non-hydrogen) atoms. The van der Waals surface area contributed by atoms with E-state index >= 15 is 0 Å². The zero-order valence-electron chi connectivity index (χ0n) is 18.2. The molecule has 0 amide bonds. The van der Waals surface area contributed by atoms with E-state index in [1.54, 1.807) is 12.4 Å². The lowest BCUT2D eigenvalue weighted by molar-refractivity contribution is -0.0215. The number of rotatable bonds is 4. The number of halogens is 3. The molecule has 10 heteroatoms. The Morgan fingerprint density at radius 1 is 1.15 bits per heavy atom. The van der Waals surface area contributed by atoms with Gasteiger partial charge >= 0.3 is 0 Å². The van der Waals surface area contributed by atoms with Crippen LogP contribution < -0.4 is 10.2 Å². The van der Waals surface area contributed by atoms with Gasteiger partial charge in [0.05, 0.1) is 44.8 Å². The SMILES string of the molecule is CC1(O)CCN(c2c(Cl)cc3cnc(Nc4cnn(C5CC6CCC65)c4Cl)nc3c2Cl)CC1. The first-order valence-corrected chi connectivity index (χ1v) is 12.6. The number of benzene rings is 1. The van der Waals surface area contributed by atoms with Gasteiger partial charge in [0.1, 0.15) is 0 Å². The van der Waals surface area contributed by atoms with Crippen LogP contribution in [-0.4, -0.2) is 43.5 Å². The number of aliphatic hydroxyl groups is 1. The van der Waals surface area contributed by atoms with E-state index in [2.05, 4.69) is 25.3 Å². The van der Waals surface area contributed by atoms with E-state index in [9.17, 15) is 5.11 Å². The van der Waals surface area contributed by atoms with Gasteiger partial charge in [-0.3, -0.25) is 0 Å². The fraction of sp³-hybridized carbons (Fsp3) is 0.522. The molecule has 6 rings (SSSR count). The molecule has 1 aromatic carbocycles. The van der Waals surface area contributed by atoms with E-state index in [-0.39, 0.29) is 0 Å². The van der Waals surface area contributed by atoms with Crippen molar-refractivity contribution in [2.45, 2.75) is 50.7 Å². The van der Waals surface area contributed by atoms with Crippen molar-refractivity contribution in [3.05, 3.63) is 33.7 Å². The van der Waals surface area contributed by atoms with Crippen LogP contribution in [0.25, 0.3) is 10.9 Å². The molecule has 3 fully saturated rings. The first kappa shape index (κ1) is 21.7. The van der Waals surface area contributed by atoms with Crippen LogP contribution in [0.5, 0.6) is 0 Å². The van der Waals surface area contributed by atoms with Crippen molar-refractivity contribution in [3.8, 4) is 0 Å². The van der Waals surface area contributed by atoms with Crippen LogP contribution in [0.4, 0.5) is 17.3 Å². The molecular weight excluding hydrogens is 483 g/mol. The van der Waals surface area contributed by atoms with Crippen molar-refractivity contribution in [2.75, 3.05) is 23.3 Å². The molecule has 0 bridgehead atoms. The highest BCUT2D eigenvalue weighted by Gasteiger charge is 2.49. The summed E-state index contributed by atoms with van der Waals surface area (Å²) in [6, 6.07) is 2.24. The molecule has 3 heterocycles. The first-order valence-electron chi connectivity index (χ1n) is 11.4. The van der Waals surface area contributed by atoms with Crippen LogP contribution in [0.15, 0.2) is 18.5 Å². The quantitative estimate of drug-likeness (QED) is 0.461. The van der Waals surface area contributed by atoms with Crippen molar-refractivity contribution in [2.24, 2.45) is 11.8 Å². The summed E-state index contributed by atoms with van der Waals surface area (Å²) in [4.78, 5) is 11.2. The molecule has 3 atom stereocenters. The van der Waals surface area contributed by atoms with Crippen molar-refractivity contribution in [1.82, 2.24) is 19.7 Å². The lowest BCUT2D eigenvalue weighted by Gasteiger charge is -2.52. The average Bonchev–Trinajstić information content (AvgIpc) is 3.11. The Morgan fingerprint density at radius 3 is 2.61 bits per heavy atom. The smallest absolute Gasteiger partial charge is 0.227 e. The fourth-order valence-electron chi connectivity index (χ4n) is 5.40. The number of nitrogens with zero attached hydrogens (tertiary/aromatic N) is 5. The van der Waals surface area contributed by atoms with Gasteiger partial charge in [-0.05, 0) is 56.9 Å². The van der Waals surface area contributed by atoms with Crippen LogP contribution >= 0.6 is 34.8 Å². The summed E-state index contributed by atoms with van der Waals surface area (Å²) in [7, 11) is 0. The summed E-state index contributed by atoms with van der Waals surface area (Å²) in [6.07, 6.45) is 8.49. The first-order chi connectivity index (χ1) is 15.8. The van der Waals surface area contributed by atoms with Crippen LogP contribution in [0.2, 0.25) is 15.2 Å². The molecule has 2 aromatic heterocycles. The van der Waals surface area contributed by atoms with Crippen molar-refractivity contribution < 1.29 is 5.11 Å². The minimum Gasteiger partial charge on any atom is -0.390 e. The number of piperidine rings is 1. The summed E-state index contributed by atoms with van der Waals surface area (Å²) >= 11 is 20.1. The lowest BCUT2D eigenvalue weighted by Crippen LogP contribution is -2.45. The van der Waals surface area contributed by atoms with Gasteiger partial charge in [-0.25, -0.2) is 14.6 Å². The maximum absolute atomic E-state index is 10.3. The summed E-state index contributed by atoms with van der Waals surface area (Å²) < 4.78 is 1.93. The van der Waals surface area contributed by atoms with Gasteiger partial charge in [-0.1, -0.05) is 34.8 Å². The topological polar surface area (TPSA) is 79.1 Å². The number of fused-ring (bicyclic) bond motifs is 2. The molecule has 174 valence electrons. The molecule has 2 aliphatic carbocycles. The largest absolute Gasteiger partial charge is 0.390 e. The molecule has 7 nitrogen and oxygen atoms in total. The van der Waals surface area contributed by atoms with Crippen molar-refractivity contribution >= 4 is 63.0 Å². The molecule has 2 N–H and O–H groups in total. The average molecular weight is 508 g/mol. The van der Waals surface area contributed by atoms with Gasteiger partial charge in [0.25, 0.3) is 0 Å². The molecule has 3 aliphatic rings. The molecule has 3 aromatic rings. The number of anilines is 3. The standard InChI is InChI=1S/C23H25Cl3N6O/c1-23(33)4-6-31(7-5-23)20-15(24)8-13-10-27-22(30-19(13)18(20)25)29-16-11-28-32(21(16)26)17-9-12-2-3-14(12)17/h8,10-12,14,17,33H,2-7,9H2,1H3,(H,27,29,30). The van der Waals surface area contributed by atoms with Crippen molar-refractivity contribution in [1.29, 1.82) is 0 Å². The normalized spacial score (nSPS) is 26.0. The summed E-state index contributed by atoms with van der Waals surface area (Å²) in [5.74, 6) is 1.97. The van der Waals surface area contributed by atoms with Gasteiger partial charge in [-0.15, -0.1) is 0 Å². The summed E-state index contributed by atoms with van der Waals surface area (Å²) in [5, 5.41) is 20.4. The molecule has 2 saturated carbocycles. The molecular formula is C23H25Cl3N6O. The molecule has 0 spiro atoms. The van der Waals surface area contributed by atoms with E-state index in [1.807, 2.05) is 17.7 Å². The van der Waals surface area contributed by atoms with Crippen LogP contribution in [-0.2, 0) is 0 Å². The summed E-state index contributed by atoms with van der Waals surface area (Å²) in [6.45, 7) is 3.21. The maximum Gasteiger partial charge on any atom is 0.227 e. The predicted molar refractivity (Wildman–Crippen MR) is 132 cm³/mol. The minimum absolute atomic E-state index is 0.397. The number of nitrogens with one attached hydrogen (secondary N) is 1. The van der Waals surface area contributed by atoms with Gasteiger partial charge in [0.2, 0.25) is 5.95 Å². The Labute approximate surface area is 207 Å². The van der Waals surface area contributed by atoms with Crippen LogP contribution in [0, 0.1) is 11.8 Å². The third kappa shape index (κ3) is 3.64. The second-order valence-electron chi connectivity index (χ2n) is 9.86. The summed E-state index contributed by atoms with van der Waals surface area (Å²) in [5.41, 5.74) is 1.39. The Bertz CT molecular complexity index is 1230. The van der Waals surface area contributed by atoms with Crippen molar-refractivity contribution in [3.63, 3.8) is 0 Å². The van der Waals surface area contributed by atoms with Crippen LogP contribution in [0.3, 0.4) is 0 Å². The van der Waals surface area contributed by atoms with E-state index in [4.69, 9.17) is 34.8 Å². The van der Waals surface area contributed by atoms with E-state index in [1.165, 1.54) is 12.8 Å². The highest BCUT2D eigenvalue weighted by Crippen LogP contribution is 2.57. The third-order valence-electron chi connectivity index (χ3n) is 7.71. The maximum atomic E-state index is 10.3. The van der Waals surface area contributed by atoms with Crippen LogP contribution in [0.1, 0.15) is 45.1 Å².